The number of urea groups is 1. The molecule has 9 heteroatoms. The van der Waals surface area contributed by atoms with E-state index in [1.165, 1.54) is 11.3 Å². The van der Waals surface area contributed by atoms with Gasteiger partial charge in [0.05, 0.1) is 5.69 Å². The zero-order valence-corrected chi connectivity index (χ0v) is 17.9. The maximum Gasteiger partial charge on any atom is 0.325 e. The second-order valence-corrected chi connectivity index (χ2v) is 8.29. The van der Waals surface area contributed by atoms with E-state index in [-0.39, 0.29) is 12.5 Å². The van der Waals surface area contributed by atoms with Crippen molar-refractivity contribution in [1.82, 2.24) is 15.2 Å². The molecule has 0 bridgehead atoms. The molecule has 0 atom stereocenters. The van der Waals surface area contributed by atoms with Crippen molar-refractivity contribution in [2.45, 2.75) is 45.1 Å². The van der Waals surface area contributed by atoms with Gasteiger partial charge in [-0.2, -0.15) is 0 Å². The van der Waals surface area contributed by atoms with Gasteiger partial charge in [-0.3, -0.25) is 14.5 Å². The minimum Gasteiger partial charge on any atom is -0.323 e. The molecular formula is C20H23ClN4O3S. The Bertz CT molecular complexity index is 907. The van der Waals surface area contributed by atoms with Gasteiger partial charge >= 0.3 is 6.03 Å². The summed E-state index contributed by atoms with van der Waals surface area (Å²) in [6.45, 7) is 3.59. The third kappa shape index (κ3) is 4.59. The monoisotopic (exact) mass is 434 g/mol. The summed E-state index contributed by atoms with van der Waals surface area (Å²) in [7, 11) is 0. The number of anilines is 1. The van der Waals surface area contributed by atoms with Gasteiger partial charge in [-0.1, -0.05) is 50.4 Å². The summed E-state index contributed by atoms with van der Waals surface area (Å²) in [6, 6.07) is 6.71. The van der Waals surface area contributed by atoms with Crippen molar-refractivity contribution in [3.05, 3.63) is 34.7 Å². The number of carbonyl (C=O) groups is 3. The smallest absolute Gasteiger partial charge is 0.323 e. The Morgan fingerprint density at radius 1 is 1.21 bits per heavy atom. The predicted octanol–water partition coefficient (Wildman–Crippen LogP) is 4.29. The van der Waals surface area contributed by atoms with Gasteiger partial charge in [0.1, 0.15) is 12.1 Å². The highest BCUT2D eigenvalue weighted by atomic mass is 35.5. The van der Waals surface area contributed by atoms with E-state index in [4.69, 9.17) is 11.6 Å². The third-order valence-electron chi connectivity index (χ3n) is 4.79. The van der Waals surface area contributed by atoms with Gasteiger partial charge in [-0.15, -0.1) is 11.3 Å². The first-order valence-corrected chi connectivity index (χ1v) is 10.8. The summed E-state index contributed by atoms with van der Waals surface area (Å²) in [4.78, 5) is 43.0. The van der Waals surface area contributed by atoms with Gasteiger partial charge in [-0.05, 0) is 25.0 Å². The molecule has 2 N–H and O–H groups in total. The number of rotatable bonds is 8. The first-order valence-electron chi connectivity index (χ1n) is 9.54. The van der Waals surface area contributed by atoms with Crippen molar-refractivity contribution in [2.24, 2.45) is 0 Å². The molecule has 29 heavy (non-hydrogen) atoms. The first-order chi connectivity index (χ1) is 13.9. The van der Waals surface area contributed by atoms with Crippen molar-refractivity contribution >= 4 is 45.9 Å². The number of hydrogen-bond donors (Lipinski definition) is 2. The van der Waals surface area contributed by atoms with E-state index in [0.717, 1.165) is 23.3 Å². The number of nitrogens with one attached hydrogen (secondary N) is 2. The number of aromatic nitrogens is 1. The third-order valence-corrected chi connectivity index (χ3v) is 5.80. The SMILES string of the molecule is CCCC1(CCC)NC(=O)N(CC(=O)Nc2nc(-c3ccc(Cl)cc3)cs2)C1=O. The fourth-order valence-electron chi connectivity index (χ4n) is 3.52. The Balaban J connectivity index is 1.66. The number of nitrogens with zero attached hydrogens (tertiary/aromatic N) is 2. The molecule has 1 fully saturated rings. The van der Waals surface area contributed by atoms with Crippen molar-refractivity contribution in [3.63, 3.8) is 0 Å². The lowest BCUT2D eigenvalue weighted by Crippen LogP contribution is -2.47. The van der Waals surface area contributed by atoms with E-state index < -0.39 is 17.5 Å². The van der Waals surface area contributed by atoms with Crippen LogP contribution in [-0.4, -0.2) is 39.8 Å². The number of hydrogen-bond acceptors (Lipinski definition) is 5. The maximum absolute atomic E-state index is 12.9. The molecule has 0 spiro atoms. The van der Waals surface area contributed by atoms with Gasteiger partial charge in [0.15, 0.2) is 5.13 Å². The Kier molecular flexibility index (Phi) is 6.54. The molecule has 0 unspecified atom stereocenters. The second-order valence-electron chi connectivity index (χ2n) is 7.00. The molecule has 4 amide bonds. The van der Waals surface area contributed by atoms with Crippen LogP contribution in [0.5, 0.6) is 0 Å². The molecule has 0 aliphatic carbocycles. The molecule has 1 saturated heterocycles. The van der Waals surface area contributed by atoms with Crippen LogP contribution in [0, 0.1) is 0 Å². The van der Waals surface area contributed by atoms with Crippen LogP contribution in [0.1, 0.15) is 39.5 Å². The molecular weight excluding hydrogens is 412 g/mol. The Labute approximate surface area is 178 Å². The minimum absolute atomic E-state index is 0.331. The lowest BCUT2D eigenvalue weighted by molar-refractivity contribution is -0.134. The fourth-order valence-corrected chi connectivity index (χ4v) is 4.39. The van der Waals surface area contributed by atoms with Gasteiger partial charge in [0.25, 0.3) is 5.91 Å². The molecule has 1 aliphatic heterocycles. The van der Waals surface area contributed by atoms with Crippen molar-refractivity contribution in [3.8, 4) is 11.3 Å². The molecule has 0 saturated carbocycles. The molecule has 7 nitrogen and oxygen atoms in total. The zero-order chi connectivity index (χ0) is 21.0. The molecule has 1 aliphatic rings. The fraction of sp³-hybridized carbons (Fsp3) is 0.400. The summed E-state index contributed by atoms with van der Waals surface area (Å²) >= 11 is 7.17. The highest BCUT2D eigenvalue weighted by Gasteiger charge is 2.50. The Hall–Kier alpha value is -2.45. The van der Waals surface area contributed by atoms with Crippen LogP contribution in [0.4, 0.5) is 9.93 Å². The van der Waals surface area contributed by atoms with Crippen LogP contribution in [0.25, 0.3) is 11.3 Å². The van der Waals surface area contributed by atoms with E-state index in [9.17, 15) is 14.4 Å². The van der Waals surface area contributed by atoms with Crippen LogP contribution in [0.3, 0.4) is 0 Å². The maximum atomic E-state index is 12.9. The van der Waals surface area contributed by atoms with E-state index in [1.807, 2.05) is 31.4 Å². The van der Waals surface area contributed by atoms with Crippen molar-refractivity contribution in [1.29, 1.82) is 0 Å². The average Bonchev–Trinajstić information content (AvgIpc) is 3.22. The molecule has 154 valence electrons. The molecule has 1 aromatic carbocycles. The summed E-state index contributed by atoms with van der Waals surface area (Å²) in [5.74, 6) is -0.795. The van der Waals surface area contributed by atoms with Gasteiger partial charge < -0.3 is 10.6 Å². The standard InChI is InChI=1S/C20H23ClN4O3S/c1-3-9-20(10-4-2)17(27)25(19(28)24-20)11-16(26)23-18-22-15(12-29-18)13-5-7-14(21)8-6-13/h5-8,12H,3-4,9-11H2,1-2H3,(H,24,28)(H,22,23,26). The summed E-state index contributed by atoms with van der Waals surface area (Å²) in [5, 5.41) is 8.33. The van der Waals surface area contributed by atoms with Crippen LogP contribution in [-0.2, 0) is 9.59 Å². The number of amides is 4. The van der Waals surface area contributed by atoms with Crippen LogP contribution in [0.15, 0.2) is 29.6 Å². The highest BCUT2D eigenvalue weighted by molar-refractivity contribution is 7.14. The predicted molar refractivity (Wildman–Crippen MR) is 114 cm³/mol. The summed E-state index contributed by atoms with van der Waals surface area (Å²) in [5.41, 5.74) is 0.690. The topological polar surface area (TPSA) is 91.4 Å². The second kappa shape index (κ2) is 8.92. The number of carbonyl (C=O) groups excluding carboxylic acids is 3. The van der Waals surface area contributed by atoms with Gasteiger partial charge in [0.2, 0.25) is 5.91 Å². The van der Waals surface area contributed by atoms with E-state index in [2.05, 4.69) is 15.6 Å². The molecule has 0 radical (unpaired) electrons. The van der Waals surface area contributed by atoms with Gasteiger partial charge in [-0.25, -0.2) is 9.78 Å². The number of imide groups is 1. The Morgan fingerprint density at radius 3 is 2.48 bits per heavy atom. The normalized spacial score (nSPS) is 15.5. The molecule has 2 aromatic rings. The quantitative estimate of drug-likeness (QED) is 0.606. The molecule has 3 rings (SSSR count). The number of thiazole rings is 1. The number of halogens is 1. The highest BCUT2D eigenvalue weighted by Crippen LogP contribution is 2.29. The van der Waals surface area contributed by atoms with E-state index >= 15 is 0 Å². The van der Waals surface area contributed by atoms with Crippen molar-refractivity contribution in [2.75, 3.05) is 11.9 Å². The van der Waals surface area contributed by atoms with Crippen LogP contribution < -0.4 is 10.6 Å². The van der Waals surface area contributed by atoms with E-state index in [1.54, 1.807) is 12.1 Å². The average molecular weight is 435 g/mol. The molecule has 1 aromatic heterocycles. The van der Waals surface area contributed by atoms with Gasteiger partial charge in [0, 0.05) is 16.0 Å². The lowest BCUT2D eigenvalue weighted by Gasteiger charge is -2.25. The van der Waals surface area contributed by atoms with Crippen LogP contribution >= 0.6 is 22.9 Å². The first kappa shape index (κ1) is 21.3. The molecule has 2 heterocycles. The number of benzene rings is 1. The van der Waals surface area contributed by atoms with E-state index in [0.29, 0.717) is 28.7 Å². The Morgan fingerprint density at radius 2 is 1.86 bits per heavy atom. The summed E-state index contributed by atoms with van der Waals surface area (Å²) in [6.07, 6.45) is 2.64. The minimum atomic E-state index is -0.899. The lowest BCUT2D eigenvalue weighted by atomic mass is 9.88. The summed E-state index contributed by atoms with van der Waals surface area (Å²) < 4.78 is 0. The van der Waals surface area contributed by atoms with Crippen LogP contribution in [0.2, 0.25) is 5.02 Å². The van der Waals surface area contributed by atoms with Crippen molar-refractivity contribution < 1.29 is 14.4 Å². The largest absolute Gasteiger partial charge is 0.325 e. The zero-order valence-electron chi connectivity index (χ0n) is 16.3.